The SMILES string of the molecule is Cn1c(NC(=O)c2cc3c(=O)n(C)c(=O)n(C)c3n2C)nnc1C1CC1. The molecule has 0 spiro atoms. The molecule has 26 heavy (non-hydrogen) atoms. The van der Waals surface area contributed by atoms with Crippen LogP contribution < -0.4 is 16.6 Å². The third-order valence-corrected chi connectivity index (χ3v) is 4.94. The maximum absolute atomic E-state index is 12.7. The van der Waals surface area contributed by atoms with Gasteiger partial charge in [0.15, 0.2) is 0 Å². The van der Waals surface area contributed by atoms with Crippen molar-refractivity contribution in [1.29, 1.82) is 0 Å². The molecule has 1 aliphatic carbocycles. The molecule has 0 radical (unpaired) electrons. The highest BCUT2D eigenvalue weighted by Gasteiger charge is 2.30. The van der Waals surface area contributed by atoms with Gasteiger partial charge in [0.1, 0.15) is 17.2 Å². The minimum Gasteiger partial charge on any atom is -0.325 e. The van der Waals surface area contributed by atoms with E-state index in [9.17, 15) is 14.4 Å². The van der Waals surface area contributed by atoms with Crippen molar-refractivity contribution in [3.8, 4) is 0 Å². The van der Waals surface area contributed by atoms with Crippen LogP contribution in [0.25, 0.3) is 11.0 Å². The summed E-state index contributed by atoms with van der Waals surface area (Å²) in [6.45, 7) is 0. The molecule has 1 saturated carbocycles. The predicted molar refractivity (Wildman–Crippen MR) is 94.3 cm³/mol. The second-order valence-electron chi connectivity index (χ2n) is 6.70. The average Bonchev–Trinajstić information content (AvgIpc) is 3.31. The van der Waals surface area contributed by atoms with Crippen molar-refractivity contribution >= 4 is 22.9 Å². The second kappa shape index (κ2) is 5.41. The van der Waals surface area contributed by atoms with E-state index < -0.39 is 17.2 Å². The topological polar surface area (TPSA) is 109 Å². The largest absolute Gasteiger partial charge is 0.332 e. The summed E-state index contributed by atoms with van der Waals surface area (Å²) in [4.78, 5) is 37.2. The van der Waals surface area contributed by atoms with Gasteiger partial charge in [0, 0.05) is 34.1 Å². The number of rotatable bonds is 3. The van der Waals surface area contributed by atoms with Crippen molar-refractivity contribution < 1.29 is 4.79 Å². The fraction of sp³-hybridized carbons (Fsp3) is 0.438. The van der Waals surface area contributed by atoms with Crippen LogP contribution in [0.2, 0.25) is 0 Å². The summed E-state index contributed by atoms with van der Waals surface area (Å²) in [6.07, 6.45) is 2.17. The maximum atomic E-state index is 12.7. The van der Waals surface area contributed by atoms with Crippen molar-refractivity contribution in [2.45, 2.75) is 18.8 Å². The van der Waals surface area contributed by atoms with E-state index in [1.54, 1.807) is 18.7 Å². The summed E-state index contributed by atoms with van der Waals surface area (Å²) >= 11 is 0. The smallest absolute Gasteiger partial charge is 0.325 e. The molecule has 0 unspecified atom stereocenters. The number of nitrogens with one attached hydrogen (secondary N) is 1. The van der Waals surface area contributed by atoms with E-state index in [4.69, 9.17) is 0 Å². The van der Waals surface area contributed by atoms with Gasteiger partial charge in [-0.15, -0.1) is 10.2 Å². The highest BCUT2D eigenvalue weighted by atomic mass is 16.2. The van der Waals surface area contributed by atoms with E-state index in [1.165, 1.54) is 22.2 Å². The first kappa shape index (κ1) is 16.3. The molecule has 0 atom stereocenters. The van der Waals surface area contributed by atoms with Gasteiger partial charge in [-0.3, -0.25) is 28.6 Å². The van der Waals surface area contributed by atoms with Crippen molar-refractivity contribution in [3.05, 3.63) is 38.4 Å². The van der Waals surface area contributed by atoms with Gasteiger partial charge >= 0.3 is 5.69 Å². The molecule has 0 saturated heterocycles. The van der Waals surface area contributed by atoms with Crippen molar-refractivity contribution in [2.24, 2.45) is 28.2 Å². The molecule has 0 aromatic carbocycles. The lowest BCUT2D eigenvalue weighted by atomic mass is 10.3. The number of aromatic nitrogens is 6. The van der Waals surface area contributed by atoms with Gasteiger partial charge in [-0.25, -0.2) is 4.79 Å². The Bertz CT molecular complexity index is 1170. The summed E-state index contributed by atoms with van der Waals surface area (Å²) in [5, 5.41) is 11.2. The zero-order chi connectivity index (χ0) is 18.7. The summed E-state index contributed by atoms with van der Waals surface area (Å²) in [5.41, 5.74) is -0.236. The Hall–Kier alpha value is -3.17. The molecule has 1 aliphatic rings. The lowest BCUT2D eigenvalue weighted by molar-refractivity contribution is 0.101. The number of carbonyl (C=O) groups is 1. The van der Waals surface area contributed by atoms with Gasteiger partial charge in [0.25, 0.3) is 11.5 Å². The molecular formula is C16H19N7O3. The van der Waals surface area contributed by atoms with Gasteiger partial charge in [-0.2, -0.15) is 0 Å². The molecule has 4 rings (SSSR count). The van der Waals surface area contributed by atoms with E-state index in [0.717, 1.165) is 23.2 Å². The molecule has 1 N–H and O–H groups in total. The van der Waals surface area contributed by atoms with Crippen molar-refractivity contribution in [1.82, 2.24) is 28.5 Å². The van der Waals surface area contributed by atoms with E-state index in [2.05, 4.69) is 15.5 Å². The molecule has 3 aromatic heterocycles. The van der Waals surface area contributed by atoms with Crippen molar-refractivity contribution in [2.75, 3.05) is 5.32 Å². The summed E-state index contributed by atoms with van der Waals surface area (Å²) in [5.74, 6) is 1.20. The Kier molecular flexibility index (Phi) is 3.40. The molecule has 1 amide bonds. The van der Waals surface area contributed by atoms with Gasteiger partial charge in [-0.1, -0.05) is 0 Å². The van der Waals surface area contributed by atoms with Crippen LogP contribution in [0.3, 0.4) is 0 Å². The van der Waals surface area contributed by atoms with Crippen LogP contribution in [0.4, 0.5) is 5.95 Å². The van der Waals surface area contributed by atoms with Crippen molar-refractivity contribution in [3.63, 3.8) is 0 Å². The zero-order valence-corrected chi connectivity index (χ0v) is 15.0. The number of aryl methyl sites for hydroxylation is 2. The molecular weight excluding hydrogens is 338 g/mol. The van der Waals surface area contributed by atoms with Gasteiger partial charge in [0.2, 0.25) is 5.95 Å². The summed E-state index contributed by atoms with van der Waals surface area (Å²) in [7, 11) is 6.43. The number of carbonyl (C=O) groups excluding carboxylic acids is 1. The number of amides is 1. The maximum Gasteiger partial charge on any atom is 0.332 e. The zero-order valence-electron chi connectivity index (χ0n) is 15.0. The molecule has 3 heterocycles. The van der Waals surface area contributed by atoms with E-state index in [1.807, 2.05) is 7.05 Å². The lowest BCUT2D eigenvalue weighted by Gasteiger charge is -2.08. The standard InChI is InChI=1S/C16H19N7O3/c1-20-10(7-9-13(20)22(3)16(26)23(4)14(9)25)12(24)17-15-19-18-11(21(15)2)8-5-6-8/h7-8H,5-6H2,1-4H3,(H,17,19,24). The summed E-state index contributed by atoms with van der Waals surface area (Å²) < 4.78 is 5.67. The number of hydrogen-bond donors (Lipinski definition) is 1. The molecule has 136 valence electrons. The van der Waals surface area contributed by atoms with Gasteiger partial charge < -0.3 is 4.57 Å². The first-order valence-electron chi connectivity index (χ1n) is 8.27. The first-order valence-corrected chi connectivity index (χ1v) is 8.27. The van der Waals surface area contributed by atoms with Gasteiger partial charge in [0.05, 0.1) is 5.39 Å². The van der Waals surface area contributed by atoms with E-state index >= 15 is 0 Å². The third kappa shape index (κ3) is 2.21. The molecule has 10 heteroatoms. The molecule has 10 nitrogen and oxygen atoms in total. The quantitative estimate of drug-likeness (QED) is 0.700. The monoisotopic (exact) mass is 357 g/mol. The number of hydrogen-bond acceptors (Lipinski definition) is 5. The Morgan fingerprint density at radius 1 is 1.04 bits per heavy atom. The Morgan fingerprint density at radius 2 is 1.73 bits per heavy atom. The third-order valence-electron chi connectivity index (χ3n) is 4.94. The highest BCUT2D eigenvalue weighted by molar-refractivity contribution is 6.05. The minimum atomic E-state index is -0.446. The Balaban J connectivity index is 1.77. The molecule has 0 aliphatic heterocycles. The minimum absolute atomic E-state index is 0.259. The van der Waals surface area contributed by atoms with Crippen LogP contribution in [0.1, 0.15) is 35.1 Å². The molecule has 0 bridgehead atoms. The first-order chi connectivity index (χ1) is 12.3. The average molecular weight is 357 g/mol. The van der Waals surface area contributed by atoms with Crippen LogP contribution in [0.15, 0.2) is 15.7 Å². The van der Waals surface area contributed by atoms with Gasteiger partial charge in [-0.05, 0) is 18.9 Å². The summed E-state index contributed by atoms with van der Waals surface area (Å²) in [6, 6.07) is 1.49. The van der Waals surface area contributed by atoms with Crippen LogP contribution in [0.5, 0.6) is 0 Å². The van der Waals surface area contributed by atoms with E-state index in [-0.39, 0.29) is 5.69 Å². The van der Waals surface area contributed by atoms with Crippen LogP contribution in [-0.4, -0.2) is 34.4 Å². The van der Waals surface area contributed by atoms with Crippen LogP contribution >= 0.6 is 0 Å². The Morgan fingerprint density at radius 3 is 2.38 bits per heavy atom. The van der Waals surface area contributed by atoms with E-state index in [0.29, 0.717) is 22.9 Å². The van der Waals surface area contributed by atoms with Crippen LogP contribution in [-0.2, 0) is 28.2 Å². The lowest BCUT2D eigenvalue weighted by Crippen LogP contribution is -2.37. The van der Waals surface area contributed by atoms with Crippen LogP contribution in [0, 0.1) is 0 Å². The number of nitrogens with zero attached hydrogens (tertiary/aromatic N) is 6. The highest BCUT2D eigenvalue weighted by Crippen LogP contribution is 2.39. The number of anilines is 1. The Labute approximate surface area is 147 Å². The number of fused-ring (bicyclic) bond motifs is 1. The molecule has 1 fully saturated rings. The fourth-order valence-electron chi connectivity index (χ4n) is 3.27. The molecule has 3 aromatic rings. The normalized spacial score (nSPS) is 14.2. The fourth-order valence-corrected chi connectivity index (χ4v) is 3.27. The predicted octanol–water partition coefficient (Wildman–Crippen LogP) is -0.166. The second-order valence-corrected chi connectivity index (χ2v) is 6.70.